The molecular formula is C15H23ClF2O3. The molecule has 1 atom stereocenters. The van der Waals surface area contributed by atoms with E-state index in [1.165, 1.54) is 6.08 Å². The van der Waals surface area contributed by atoms with Gasteiger partial charge in [0.2, 0.25) is 0 Å². The molecule has 0 aliphatic heterocycles. The third kappa shape index (κ3) is 24.1. The van der Waals surface area contributed by atoms with Gasteiger partial charge in [0.1, 0.15) is 0 Å². The van der Waals surface area contributed by atoms with Crippen LogP contribution in [0, 0.1) is 18.8 Å². The first-order valence-electron chi connectivity index (χ1n) is 6.25. The third-order valence-electron chi connectivity index (χ3n) is 1.98. The van der Waals surface area contributed by atoms with Crippen LogP contribution in [0.4, 0.5) is 8.78 Å². The average molecular weight is 325 g/mol. The van der Waals surface area contributed by atoms with Crippen molar-refractivity contribution < 1.29 is 23.4 Å². The van der Waals surface area contributed by atoms with Gasteiger partial charge >= 0.3 is 12.6 Å². The summed E-state index contributed by atoms with van der Waals surface area (Å²) in [7, 11) is 0. The number of aliphatic carboxylic acids is 1. The number of hydrogen-bond donors (Lipinski definition) is 1. The van der Waals surface area contributed by atoms with Gasteiger partial charge in [0.05, 0.1) is 12.5 Å². The van der Waals surface area contributed by atoms with Crippen molar-refractivity contribution >= 4 is 17.6 Å². The Morgan fingerprint density at radius 3 is 2.29 bits per heavy atom. The minimum absolute atomic E-state index is 0.0856. The standard InChI is InChI=1S/C9H15ClO2.C4H6F2O.C2H2/c1-2-5-8(9(11)12)6-3-4-7-10;1-2-3-7-4(5)6;1-2/h2,5,8H,3-4,6-7H2,1H3,(H,11,12);2,4H,1,3H2;1-2H/b5-2+;;. The van der Waals surface area contributed by atoms with Crippen LogP contribution in [-0.4, -0.2) is 30.2 Å². The third-order valence-corrected chi connectivity index (χ3v) is 2.25. The minimum atomic E-state index is -2.67. The summed E-state index contributed by atoms with van der Waals surface area (Å²) in [5, 5.41) is 8.72. The Labute approximate surface area is 130 Å². The van der Waals surface area contributed by atoms with Crippen molar-refractivity contribution in [3.63, 3.8) is 0 Å². The maximum atomic E-state index is 11.0. The van der Waals surface area contributed by atoms with Crippen molar-refractivity contribution in [3.05, 3.63) is 24.8 Å². The molecule has 1 N–H and O–H groups in total. The normalized spacial score (nSPS) is 11.0. The van der Waals surface area contributed by atoms with Gasteiger partial charge in [-0.05, 0) is 19.8 Å². The van der Waals surface area contributed by atoms with Crippen molar-refractivity contribution in [1.82, 2.24) is 0 Å². The summed E-state index contributed by atoms with van der Waals surface area (Å²) in [5.41, 5.74) is 0. The monoisotopic (exact) mass is 324 g/mol. The second kappa shape index (κ2) is 20.9. The molecule has 0 aromatic heterocycles. The molecule has 21 heavy (non-hydrogen) atoms. The van der Waals surface area contributed by atoms with Crippen molar-refractivity contribution in [1.29, 1.82) is 0 Å². The van der Waals surface area contributed by atoms with Gasteiger partial charge in [0.25, 0.3) is 0 Å². The van der Waals surface area contributed by atoms with Crippen molar-refractivity contribution in [2.45, 2.75) is 32.8 Å². The highest BCUT2D eigenvalue weighted by molar-refractivity contribution is 6.17. The Hall–Kier alpha value is -1.38. The van der Waals surface area contributed by atoms with Crippen LogP contribution < -0.4 is 0 Å². The lowest BCUT2D eigenvalue weighted by atomic mass is 10.0. The topological polar surface area (TPSA) is 46.5 Å². The quantitative estimate of drug-likeness (QED) is 0.297. The van der Waals surface area contributed by atoms with E-state index in [1.54, 1.807) is 12.2 Å². The Kier molecular flexibility index (Phi) is 24.5. The number of carboxylic acids is 1. The first-order valence-corrected chi connectivity index (χ1v) is 6.78. The van der Waals surface area contributed by atoms with Gasteiger partial charge in [0, 0.05) is 5.88 Å². The van der Waals surface area contributed by atoms with Crippen LogP contribution in [-0.2, 0) is 9.53 Å². The number of allylic oxidation sites excluding steroid dienone is 1. The zero-order valence-corrected chi connectivity index (χ0v) is 12.9. The van der Waals surface area contributed by atoms with E-state index in [9.17, 15) is 13.6 Å². The highest BCUT2D eigenvalue weighted by Gasteiger charge is 2.11. The summed E-state index contributed by atoms with van der Waals surface area (Å²) >= 11 is 5.48. The van der Waals surface area contributed by atoms with Gasteiger partial charge < -0.3 is 9.84 Å². The fourth-order valence-corrected chi connectivity index (χ4v) is 1.32. The zero-order valence-electron chi connectivity index (χ0n) is 12.2. The summed E-state index contributed by atoms with van der Waals surface area (Å²) in [6.07, 6.45) is 15.2. The summed E-state index contributed by atoms with van der Waals surface area (Å²) in [4.78, 5) is 10.6. The predicted octanol–water partition coefficient (Wildman–Crippen LogP) is 4.33. The van der Waals surface area contributed by atoms with Gasteiger partial charge in [-0.1, -0.05) is 24.6 Å². The number of alkyl halides is 3. The molecule has 3 nitrogen and oxygen atoms in total. The Morgan fingerprint density at radius 2 is 2.00 bits per heavy atom. The predicted molar refractivity (Wildman–Crippen MR) is 82.6 cm³/mol. The van der Waals surface area contributed by atoms with E-state index in [0.29, 0.717) is 12.3 Å². The summed E-state index contributed by atoms with van der Waals surface area (Å²) in [6, 6.07) is 0. The van der Waals surface area contributed by atoms with Crippen LogP contribution in [0.15, 0.2) is 24.8 Å². The smallest absolute Gasteiger partial charge is 0.345 e. The van der Waals surface area contributed by atoms with Crippen molar-refractivity contribution in [2.24, 2.45) is 5.92 Å². The Bertz CT molecular complexity index is 292. The summed E-state index contributed by atoms with van der Waals surface area (Å²) < 4.78 is 25.6. The fourth-order valence-electron chi connectivity index (χ4n) is 1.13. The maximum absolute atomic E-state index is 11.0. The molecule has 0 rings (SSSR count). The zero-order chi connectivity index (χ0) is 17.1. The molecule has 122 valence electrons. The van der Waals surface area contributed by atoms with Gasteiger partial charge in [-0.25, -0.2) is 0 Å². The van der Waals surface area contributed by atoms with Crippen LogP contribution in [0.1, 0.15) is 26.2 Å². The fraction of sp³-hybridized carbons (Fsp3) is 0.533. The number of halogens is 3. The van der Waals surface area contributed by atoms with Crippen LogP contribution in [0.5, 0.6) is 0 Å². The molecular weight excluding hydrogens is 302 g/mol. The number of hydrogen-bond acceptors (Lipinski definition) is 2. The number of rotatable bonds is 9. The van der Waals surface area contributed by atoms with Gasteiger partial charge in [0.15, 0.2) is 0 Å². The molecule has 0 saturated heterocycles. The van der Waals surface area contributed by atoms with E-state index in [-0.39, 0.29) is 12.5 Å². The lowest BCUT2D eigenvalue weighted by Gasteiger charge is -2.05. The van der Waals surface area contributed by atoms with Crippen LogP contribution in [0.2, 0.25) is 0 Å². The van der Waals surface area contributed by atoms with Crippen molar-refractivity contribution in [2.75, 3.05) is 12.5 Å². The lowest BCUT2D eigenvalue weighted by molar-refractivity contribution is -0.140. The molecule has 0 aliphatic carbocycles. The Morgan fingerprint density at radius 1 is 1.43 bits per heavy atom. The molecule has 0 fully saturated rings. The first kappa shape index (κ1) is 24.6. The highest BCUT2D eigenvalue weighted by Crippen LogP contribution is 2.10. The number of terminal acetylenes is 1. The van der Waals surface area contributed by atoms with Gasteiger partial charge in [-0.2, -0.15) is 8.78 Å². The summed E-state index contributed by atoms with van der Waals surface area (Å²) in [5.74, 6) is -0.469. The molecule has 0 aliphatic rings. The van der Waals surface area contributed by atoms with Crippen LogP contribution in [0.25, 0.3) is 0 Å². The molecule has 0 aromatic rings. The molecule has 0 radical (unpaired) electrons. The number of ether oxygens (including phenoxy) is 1. The second-order valence-electron chi connectivity index (χ2n) is 3.54. The molecule has 0 heterocycles. The lowest BCUT2D eigenvalue weighted by Crippen LogP contribution is -2.10. The molecule has 0 saturated carbocycles. The molecule has 1 unspecified atom stereocenters. The number of carbonyl (C=O) groups is 1. The second-order valence-corrected chi connectivity index (χ2v) is 3.92. The molecule has 0 bridgehead atoms. The molecule has 0 aromatic carbocycles. The average Bonchev–Trinajstić information content (AvgIpc) is 2.47. The van der Waals surface area contributed by atoms with E-state index < -0.39 is 12.6 Å². The highest BCUT2D eigenvalue weighted by atomic mass is 35.5. The number of carboxylic acid groups (broad SMARTS) is 1. The molecule has 0 amide bonds. The largest absolute Gasteiger partial charge is 0.481 e. The van der Waals surface area contributed by atoms with Crippen LogP contribution in [0.3, 0.4) is 0 Å². The van der Waals surface area contributed by atoms with Crippen molar-refractivity contribution in [3.8, 4) is 12.8 Å². The summed E-state index contributed by atoms with van der Waals surface area (Å²) in [6.45, 7) is 2.25. The first-order chi connectivity index (χ1) is 9.99. The van der Waals surface area contributed by atoms with Gasteiger partial charge in [-0.3, -0.25) is 4.79 Å². The molecule has 6 heteroatoms. The maximum Gasteiger partial charge on any atom is 0.345 e. The minimum Gasteiger partial charge on any atom is -0.481 e. The Balaban J connectivity index is -0.000000307. The van der Waals surface area contributed by atoms with E-state index >= 15 is 0 Å². The van der Waals surface area contributed by atoms with E-state index in [4.69, 9.17) is 16.7 Å². The molecule has 0 spiro atoms. The number of unbranched alkanes of at least 4 members (excludes halogenated alkanes) is 1. The van der Waals surface area contributed by atoms with Gasteiger partial charge in [-0.15, -0.1) is 31.0 Å². The van der Waals surface area contributed by atoms with E-state index in [2.05, 4.69) is 24.2 Å². The SMILES string of the molecule is C#C.C/C=C/C(CCCCCl)C(=O)O.C=CCOC(F)F. The van der Waals surface area contributed by atoms with E-state index in [1.807, 2.05) is 6.92 Å². The van der Waals surface area contributed by atoms with E-state index in [0.717, 1.165) is 12.8 Å². The van der Waals surface area contributed by atoms with Crippen LogP contribution >= 0.6 is 11.6 Å².